The summed E-state index contributed by atoms with van der Waals surface area (Å²) in [7, 11) is 0. The third kappa shape index (κ3) is 4.03. The Labute approximate surface area is 99.5 Å². The molecule has 4 heteroatoms. The molecule has 90 valence electrons. The number of phenols is 2. The van der Waals surface area contributed by atoms with Gasteiger partial charge >= 0.3 is 5.97 Å². The summed E-state index contributed by atoms with van der Waals surface area (Å²) >= 11 is 0. The lowest BCUT2D eigenvalue weighted by molar-refractivity contribution is -0.137. The van der Waals surface area contributed by atoms with Gasteiger partial charge in [-0.15, -0.1) is 0 Å². The lowest BCUT2D eigenvalue weighted by Crippen LogP contribution is -2.04. The quantitative estimate of drug-likeness (QED) is 0.619. The maximum Gasteiger partial charge on any atom is 0.333 e. The molecule has 1 aromatic rings. The van der Waals surface area contributed by atoms with Crippen LogP contribution in [0, 0.1) is 0 Å². The van der Waals surface area contributed by atoms with Crippen molar-refractivity contribution in [2.24, 2.45) is 0 Å². The van der Waals surface area contributed by atoms with E-state index in [1.807, 2.05) is 0 Å². The van der Waals surface area contributed by atoms with Crippen LogP contribution in [-0.2, 0) is 9.53 Å². The minimum absolute atomic E-state index is 0.00615. The molecule has 0 atom stereocenters. The van der Waals surface area contributed by atoms with Gasteiger partial charge in [-0.3, -0.25) is 0 Å². The van der Waals surface area contributed by atoms with Gasteiger partial charge in [0.2, 0.25) is 0 Å². The minimum Gasteiger partial charge on any atom is -0.508 e. The molecule has 0 aromatic heterocycles. The van der Waals surface area contributed by atoms with E-state index in [1.54, 1.807) is 25.1 Å². The maximum absolute atomic E-state index is 11.0. The third-order valence-electron chi connectivity index (χ3n) is 1.97. The van der Waals surface area contributed by atoms with E-state index in [1.165, 1.54) is 12.1 Å². The van der Waals surface area contributed by atoms with Crippen molar-refractivity contribution in [2.45, 2.75) is 6.92 Å². The molecule has 0 aliphatic heterocycles. The standard InChI is InChI=1S/C13H14O4/c1-9(2)13(16)17-7-3-4-10-5-6-11(14)8-12(10)15/h3-6,8,14-15H,1,7H2,2H3/b4-3+. The van der Waals surface area contributed by atoms with E-state index in [9.17, 15) is 9.90 Å². The van der Waals surface area contributed by atoms with E-state index in [4.69, 9.17) is 9.84 Å². The molecular formula is C13H14O4. The van der Waals surface area contributed by atoms with Crippen LogP contribution in [0.1, 0.15) is 12.5 Å². The molecule has 2 N–H and O–H groups in total. The summed E-state index contributed by atoms with van der Waals surface area (Å²) in [5.74, 6) is -0.495. The summed E-state index contributed by atoms with van der Waals surface area (Å²) in [6, 6.07) is 4.25. The van der Waals surface area contributed by atoms with Crippen LogP contribution >= 0.6 is 0 Å². The second-order valence-corrected chi connectivity index (χ2v) is 3.52. The predicted molar refractivity (Wildman–Crippen MR) is 64.6 cm³/mol. The Bertz CT molecular complexity index is 460. The largest absolute Gasteiger partial charge is 0.508 e. The van der Waals surface area contributed by atoms with E-state index >= 15 is 0 Å². The van der Waals surface area contributed by atoms with Crippen molar-refractivity contribution < 1.29 is 19.7 Å². The molecule has 0 saturated carbocycles. The Hall–Kier alpha value is -2.23. The van der Waals surface area contributed by atoms with Crippen LogP contribution in [0.2, 0.25) is 0 Å². The third-order valence-corrected chi connectivity index (χ3v) is 1.97. The van der Waals surface area contributed by atoms with Crippen LogP contribution in [-0.4, -0.2) is 22.8 Å². The smallest absolute Gasteiger partial charge is 0.333 e. The number of aromatic hydroxyl groups is 2. The lowest BCUT2D eigenvalue weighted by Gasteiger charge is -2.01. The van der Waals surface area contributed by atoms with Gasteiger partial charge in [-0.25, -0.2) is 4.79 Å². The Morgan fingerprint density at radius 2 is 2.18 bits per heavy atom. The summed E-state index contributed by atoms with van der Waals surface area (Å²) in [6.45, 7) is 5.12. The Balaban J connectivity index is 2.54. The topological polar surface area (TPSA) is 66.8 Å². The van der Waals surface area contributed by atoms with Crippen LogP contribution in [0.3, 0.4) is 0 Å². The van der Waals surface area contributed by atoms with Crippen molar-refractivity contribution in [3.05, 3.63) is 42.0 Å². The summed E-state index contributed by atoms with van der Waals surface area (Å²) in [5, 5.41) is 18.5. The molecule has 0 amide bonds. The molecule has 0 unspecified atom stereocenters. The molecular weight excluding hydrogens is 220 g/mol. The Morgan fingerprint density at radius 1 is 1.47 bits per heavy atom. The fourth-order valence-corrected chi connectivity index (χ4v) is 1.10. The molecule has 0 aliphatic carbocycles. The Kier molecular flexibility index (Phi) is 4.34. The van der Waals surface area contributed by atoms with Crippen LogP contribution in [0.5, 0.6) is 11.5 Å². The molecule has 0 bridgehead atoms. The zero-order valence-electron chi connectivity index (χ0n) is 9.51. The summed E-state index contributed by atoms with van der Waals surface area (Å²) in [4.78, 5) is 11.0. The Morgan fingerprint density at radius 3 is 2.76 bits per heavy atom. The van der Waals surface area contributed by atoms with Crippen molar-refractivity contribution >= 4 is 12.0 Å². The van der Waals surface area contributed by atoms with Crippen LogP contribution in [0.4, 0.5) is 0 Å². The number of phenolic OH excluding ortho intramolecular Hbond substituents is 2. The van der Waals surface area contributed by atoms with Crippen molar-refractivity contribution in [2.75, 3.05) is 6.61 Å². The highest BCUT2D eigenvalue weighted by Crippen LogP contribution is 2.23. The highest BCUT2D eigenvalue weighted by Gasteiger charge is 2.01. The van der Waals surface area contributed by atoms with Crippen molar-refractivity contribution in [1.29, 1.82) is 0 Å². The summed E-state index contributed by atoms with van der Waals surface area (Å²) < 4.78 is 4.83. The minimum atomic E-state index is -0.454. The maximum atomic E-state index is 11.0. The number of rotatable bonds is 4. The zero-order valence-corrected chi connectivity index (χ0v) is 9.51. The van der Waals surface area contributed by atoms with E-state index in [-0.39, 0.29) is 18.1 Å². The number of carbonyl (C=O) groups excluding carboxylic acids is 1. The number of benzene rings is 1. The second kappa shape index (κ2) is 5.75. The van der Waals surface area contributed by atoms with Gasteiger partial charge in [-0.05, 0) is 25.1 Å². The molecule has 0 aliphatic rings. The molecule has 1 aromatic carbocycles. The number of hydrogen-bond donors (Lipinski definition) is 2. The average Bonchev–Trinajstić information content (AvgIpc) is 2.26. The second-order valence-electron chi connectivity index (χ2n) is 3.52. The molecule has 0 radical (unpaired) electrons. The molecule has 0 heterocycles. The van der Waals surface area contributed by atoms with E-state index in [0.29, 0.717) is 11.1 Å². The van der Waals surface area contributed by atoms with Gasteiger partial charge in [0.15, 0.2) is 0 Å². The van der Waals surface area contributed by atoms with Crippen molar-refractivity contribution in [3.8, 4) is 11.5 Å². The van der Waals surface area contributed by atoms with Crippen molar-refractivity contribution in [1.82, 2.24) is 0 Å². The van der Waals surface area contributed by atoms with E-state index in [0.717, 1.165) is 0 Å². The number of esters is 1. The number of ether oxygens (including phenoxy) is 1. The van der Waals surface area contributed by atoms with Gasteiger partial charge in [-0.2, -0.15) is 0 Å². The molecule has 0 saturated heterocycles. The molecule has 0 fully saturated rings. The van der Waals surface area contributed by atoms with E-state index in [2.05, 4.69) is 6.58 Å². The van der Waals surface area contributed by atoms with Gasteiger partial charge in [0.05, 0.1) is 0 Å². The zero-order chi connectivity index (χ0) is 12.8. The molecule has 4 nitrogen and oxygen atoms in total. The first-order chi connectivity index (χ1) is 8.00. The monoisotopic (exact) mass is 234 g/mol. The predicted octanol–water partition coefficient (Wildman–Crippen LogP) is 2.23. The SMILES string of the molecule is C=C(C)C(=O)OC/C=C/c1ccc(O)cc1O. The molecule has 17 heavy (non-hydrogen) atoms. The fraction of sp³-hybridized carbons (Fsp3) is 0.154. The average molecular weight is 234 g/mol. The first-order valence-electron chi connectivity index (χ1n) is 5.02. The first kappa shape index (κ1) is 12.8. The van der Waals surface area contributed by atoms with Gasteiger partial charge in [0.1, 0.15) is 18.1 Å². The van der Waals surface area contributed by atoms with E-state index < -0.39 is 5.97 Å². The summed E-state index contributed by atoms with van der Waals surface area (Å²) in [6.07, 6.45) is 3.19. The summed E-state index contributed by atoms with van der Waals surface area (Å²) in [5.41, 5.74) is 0.875. The van der Waals surface area contributed by atoms with Crippen LogP contribution in [0.25, 0.3) is 6.08 Å². The normalized spacial score (nSPS) is 10.4. The highest BCUT2D eigenvalue weighted by molar-refractivity contribution is 5.87. The van der Waals surface area contributed by atoms with Gasteiger partial charge in [0, 0.05) is 17.2 Å². The number of hydrogen-bond acceptors (Lipinski definition) is 4. The molecule has 0 spiro atoms. The van der Waals surface area contributed by atoms with Crippen LogP contribution < -0.4 is 0 Å². The lowest BCUT2D eigenvalue weighted by atomic mass is 10.2. The van der Waals surface area contributed by atoms with Crippen molar-refractivity contribution in [3.63, 3.8) is 0 Å². The van der Waals surface area contributed by atoms with Gasteiger partial charge in [0.25, 0.3) is 0 Å². The van der Waals surface area contributed by atoms with Gasteiger partial charge in [-0.1, -0.05) is 12.7 Å². The highest BCUT2D eigenvalue weighted by atomic mass is 16.5. The number of carbonyl (C=O) groups is 1. The van der Waals surface area contributed by atoms with Gasteiger partial charge < -0.3 is 14.9 Å². The van der Waals surface area contributed by atoms with Crippen LogP contribution in [0.15, 0.2) is 36.4 Å². The fourth-order valence-electron chi connectivity index (χ4n) is 1.10. The molecule has 1 rings (SSSR count). The first-order valence-corrected chi connectivity index (χ1v) is 5.02.